The maximum Gasteiger partial charge on any atom is 0.248 e. The number of amides is 2. The lowest BCUT2D eigenvalue weighted by molar-refractivity contribution is -0.140. The van der Waals surface area contributed by atoms with Gasteiger partial charge in [-0.15, -0.1) is 0 Å². The monoisotopic (exact) mass is 360 g/mol. The van der Waals surface area contributed by atoms with Gasteiger partial charge in [0.15, 0.2) is 0 Å². The lowest BCUT2D eigenvalue weighted by Crippen LogP contribution is -2.44. The van der Waals surface area contributed by atoms with E-state index >= 15 is 0 Å². The Morgan fingerprint density at radius 1 is 1.15 bits per heavy atom. The molecule has 142 valence electrons. The summed E-state index contributed by atoms with van der Waals surface area (Å²) in [6.45, 7) is 3.17. The van der Waals surface area contributed by atoms with Crippen molar-refractivity contribution >= 4 is 11.8 Å². The van der Waals surface area contributed by atoms with Crippen LogP contribution < -0.4 is 5.32 Å². The Morgan fingerprint density at radius 3 is 2.62 bits per heavy atom. The van der Waals surface area contributed by atoms with Crippen molar-refractivity contribution < 1.29 is 19.1 Å². The SMILES string of the molecule is O=C(NCc1ccccc1)C1CCN(C(=O)COC[C@H]2CCCO2)CC1. The molecule has 3 rings (SSSR count). The van der Waals surface area contributed by atoms with Gasteiger partial charge < -0.3 is 19.7 Å². The molecule has 1 aromatic rings. The summed E-state index contributed by atoms with van der Waals surface area (Å²) < 4.78 is 11.0. The van der Waals surface area contributed by atoms with Crippen LogP contribution in [0.4, 0.5) is 0 Å². The molecule has 6 heteroatoms. The molecule has 6 nitrogen and oxygen atoms in total. The summed E-state index contributed by atoms with van der Waals surface area (Å²) >= 11 is 0. The van der Waals surface area contributed by atoms with Crippen molar-refractivity contribution in [2.24, 2.45) is 5.92 Å². The Morgan fingerprint density at radius 2 is 1.92 bits per heavy atom. The third kappa shape index (κ3) is 5.54. The first-order chi connectivity index (χ1) is 12.7. The standard InChI is InChI=1S/C20H28N2O4/c23-19(15-25-14-18-7-4-12-26-18)22-10-8-17(9-11-22)20(24)21-13-16-5-2-1-3-6-16/h1-3,5-6,17-18H,4,7-15H2,(H,21,24)/t18-/m1/s1. The molecule has 1 atom stereocenters. The quantitative estimate of drug-likeness (QED) is 0.804. The molecule has 0 radical (unpaired) electrons. The number of carbonyl (C=O) groups is 2. The van der Waals surface area contributed by atoms with E-state index in [2.05, 4.69) is 5.32 Å². The lowest BCUT2D eigenvalue weighted by Gasteiger charge is -2.31. The van der Waals surface area contributed by atoms with E-state index < -0.39 is 0 Å². The molecule has 0 saturated carbocycles. The molecule has 0 aliphatic carbocycles. The molecule has 0 spiro atoms. The summed E-state index contributed by atoms with van der Waals surface area (Å²) in [6, 6.07) is 9.89. The highest BCUT2D eigenvalue weighted by molar-refractivity contribution is 5.80. The Bertz CT molecular complexity index is 579. The predicted molar refractivity (Wildman–Crippen MR) is 97.4 cm³/mol. The molecule has 0 bridgehead atoms. The van der Waals surface area contributed by atoms with Gasteiger partial charge in [0.1, 0.15) is 6.61 Å². The van der Waals surface area contributed by atoms with E-state index in [0.717, 1.165) is 25.0 Å². The molecule has 1 N–H and O–H groups in total. The fourth-order valence-corrected chi connectivity index (χ4v) is 3.47. The summed E-state index contributed by atoms with van der Waals surface area (Å²) in [5.74, 6) is 0.0669. The molecule has 2 amide bonds. The Kier molecular flexibility index (Phi) is 7.03. The Hall–Kier alpha value is -1.92. The first-order valence-corrected chi connectivity index (χ1v) is 9.51. The van der Waals surface area contributed by atoms with E-state index in [9.17, 15) is 9.59 Å². The number of carbonyl (C=O) groups excluding carboxylic acids is 2. The van der Waals surface area contributed by atoms with Crippen LogP contribution in [-0.2, 0) is 25.6 Å². The number of benzene rings is 1. The Balaban J connectivity index is 1.32. The molecule has 1 aromatic carbocycles. The molecule has 2 saturated heterocycles. The average molecular weight is 360 g/mol. The zero-order valence-corrected chi connectivity index (χ0v) is 15.2. The van der Waals surface area contributed by atoms with E-state index in [0.29, 0.717) is 39.1 Å². The van der Waals surface area contributed by atoms with Crippen molar-refractivity contribution in [3.8, 4) is 0 Å². The molecular weight excluding hydrogens is 332 g/mol. The normalized spacial score (nSPS) is 20.9. The van der Waals surface area contributed by atoms with Crippen LogP contribution in [-0.4, -0.2) is 55.7 Å². The van der Waals surface area contributed by atoms with Crippen LogP contribution in [0.25, 0.3) is 0 Å². The van der Waals surface area contributed by atoms with Crippen LogP contribution in [0.2, 0.25) is 0 Å². The molecular formula is C20H28N2O4. The van der Waals surface area contributed by atoms with Crippen molar-refractivity contribution in [2.45, 2.75) is 38.3 Å². The summed E-state index contributed by atoms with van der Waals surface area (Å²) in [7, 11) is 0. The van der Waals surface area contributed by atoms with Crippen molar-refractivity contribution in [1.29, 1.82) is 0 Å². The van der Waals surface area contributed by atoms with Crippen LogP contribution in [0, 0.1) is 5.92 Å². The van der Waals surface area contributed by atoms with Crippen molar-refractivity contribution in [2.75, 3.05) is 32.9 Å². The number of nitrogens with one attached hydrogen (secondary N) is 1. The van der Waals surface area contributed by atoms with Crippen LogP contribution in [0.1, 0.15) is 31.2 Å². The molecule has 2 heterocycles. The minimum Gasteiger partial charge on any atom is -0.376 e. The molecule has 26 heavy (non-hydrogen) atoms. The van der Waals surface area contributed by atoms with Gasteiger partial charge in [0, 0.05) is 32.2 Å². The third-order valence-corrected chi connectivity index (χ3v) is 5.08. The molecule has 0 aromatic heterocycles. The van der Waals surface area contributed by atoms with Crippen molar-refractivity contribution in [3.05, 3.63) is 35.9 Å². The lowest BCUT2D eigenvalue weighted by atomic mass is 9.96. The smallest absolute Gasteiger partial charge is 0.248 e. The highest BCUT2D eigenvalue weighted by Crippen LogP contribution is 2.18. The van der Waals surface area contributed by atoms with Gasteiger partial charge >= 0.3 is 0 Å². The predicted octanol–water partition coefficient (Wildman–Crippen LogP) is 1.74. The highest BCUT2D eigenvalue weighted by atomic mass is 16.5. The summed E-state index contributed by atoms with van der Waals surface area (Å²) in [5.41, 5.74) is 1.09. The van der Waals surface area contributed by atoms with E-state index in [4.69, 9.17) is 9.47 Å². The summed E-state index contributed by atoms with van der Waals surface area (Å²) in [4.78, 5) is 26.3. The van der Waals surface area contributed by atoms with E-state index in [1.165, 1.54) is 0 Å². The highest BCUT2D eigenvalue weighted by Gasteiger charge is 2.27. The number of nitrogens with zero attached hydrogens (tertiary/aromatic N) is 1. The van der Waals surface area contributed by atoms with Gasteiger partial charge in [-0.2, -0.15) is 0 Å². The number of piperidine rings is 1. The van der Waals surface area contributed by atoms with Gasteiger partial charge in [-0.05, 0) is 31.2 Å². The Labute approximate surface area is 154 Å². The fourth-order valence-electron chi connectivity index (χ4n) is 3.47. The largest absolute Gasteiger partial charge is 0.376 e. The second-order valence-electron chi connectivity index (χ2n) is 7.01. The number of hydrogen-bond donors (Lipinski definition) is 1. The second kappa shape index (κ2) is 9.69. The topological polar surface area (TPSA) is 67.9 Å². The van der Waals surface area contributed by atoms with Gasteiger partial charge in [0.25, 0.3) is 0 Å². The summed E-state index contributed by atoms with van der Waals surface area (Å²) in [5, 5.41) is 3.00. The summed E-state index contributed by atoms with van der Waals surface area (Å²) in [6.07, 6.45) is 3.64. The van der Waals surface area contributed by atoms with Crippen molar-refractivity contribution in [3.63, 3.8) is 0 Å². The van der Waals surface area contributed by atoms with Crippen LogP contribution in [0.5, 0.6) is 0 Å². The third-order valence-electron chi connectivity index (χ3n) is 5.08. The van der Waals surface area contributed by atoms with Gasteiger partial charge in [-0.25, -0.2) is 0 Å². The van der Waals surface area contributed by atoms with Gasteiger partial charge in [-0.1, -0.05) is 30.3 Å². The molecule has 2 aliphatic rings. The first-order valence-electron chi connectivity index (χ1n) is 9.51. The minimum absolute atomic E-state index is 0.00569. The maximum absolute atomic E-state index is 12.3. The van der Waals surface area contributed by atoms with E-state index in [1.54, 1.807) is 4.90 Å². The first kappa shape index (κ1) is 18.9. The minimum atomic E-state index is -0.0180. The zero-order chi connectivity index (χ0) is 18.2. The zero-order valence-electron chi connectivity index (χ0n) is 15.2. The van der Waals surface area contributed by atoms with Gasteiger partial charge in [0.05, 0.1) is 12.7 Å². The molecule has 2 aliphatic heterocycles. The average Bonchev–Trinajstić information content (AvgIpc) is 3.20. The van der Waals surface area contributed by atoms with Crippen LogP contribution in [0.15, 0.2) is 30.3 Å². The number of hydrogen-bond acceptors (Lipinski definition) is 4. The van der Waals surface area contributed by atoms with E-state index in [-0.39, 0.29) is 30.4 Å². The maximum atomic E-state index is 12.3. The van der Waals surface area contributed by atoms with E-state index in [1.807, 2.05) is 30.3 Å². The molecule has 2 fully saturated rings. The van der Waals surface area contributed by atoms with Gasteiger partial charge in [0.2, 0.25) is 11.8 Å². The number of likely N-dealkylation sites (tertiary alicyclic amines) is 1. The number of rotatable bonds is 7. The second-order valence-corrected chi connectivity index (χ2v) is 7.01. The van der Waals surface area contributed by atoms with Crippen LogP contribution in [0.3, 0.4) is 0 Å². The molecule has 0 unspecified atom stereocenters. The fraction of sp³-hybridized carbons (Fsp3) is 0.600. The van der Waals surface area contributed by atoms with Crippen molar-refractivity contribution in [1.82, 2.24) is 10.2 Å². The number of ether oxygens (including phenoxy) is 2. The van der Waals surface area contributed by atoms with Crippen LogP contribution >= 0.6 is 0 Å². The van der Waals surface area contributed by atoms with Gasteiger partial charge in [-0.3, -0.25) is 9.59 Å².